The maximum atomic E-state index is 4.94. The number of hydrogen-bond acceptors (Lipinski definition) is 3. The fourth-order valence-electron chi connectivity index (χ4n) is 0.374. The van der Waals surface area contributed by atoms with Crippen LogP contribution in [0, 0.1) is 0 Å². The van der Waals surface area contributed by atoms with Crippen LogP contribution >= 0.6 is 15.9 Å². The van der Waals surface area contributed by atoms with Crippen LogP contribution in [-0.2, 0) is 9.57 Å². The van der Waals surface area contributed by atoms with Crippen molar-refractivity contribution in [2.75, 3.05) is 18.5 Å². The quantitative estimate of drug-likeness (QED) is 0.311. The van der Waals surface area contributed by atoms with E-state index in [0.717, 1.165) is 5.33 Å². The standard InChI is InChI=1S/C6H12BrNO2/c1-3-9-6(2)8-10-5-4-7/h8H,2-5H2,1H3. The molecule has 0 unspecified atom stereocenters. The summed E-state index contributed by atoms with van der Waals surface area (Å²) in [4.78, 5) is 4.88. The number of ether oxygens (including phenoxy) is 1. The Kier molecular flexibility index (Phi) is 6.74. The first kappa shape index (κ1) is 9.78. The van der Waals surface area contributed by atoms with Gasteiger partial charge in [0, 0.05) is 5.33 Å². The summed E-state index contributed by atoms with van der Waals surface area (Å²) in [6.45, 7) is 6.62. The second-order valence-corrected chi connectivity index (χ2v) is 2.29. The van der Waals surface area contributed by atoms with Gasteiger partial charge < -0.3 is 4.74 Å². The molecule has 60 valence electrons. The van der Waals surface area contributed by atoms with Crippen LogP contribution in [0.4, 0.5) is 0 Å². The van der Waals surface area contributed by atoms with Crippen LogP contribution in [0.25, 0.3) is 0 Å². The third kappa shape index (κ3) is 5.91. The molecule has 0 saturated heterocycles. The minimum Gasteiger partial charge on any atom is -0.478 e. The van der Waals surface area contributed by atoms with Gasteiger partial charge in [0.15, 0.2) is 0 Å². The molecule has 0 bridgehead atoms. The van der Waals surface area contributed by atoms with Gasteiger partial charge in [-0.25, -0.2) is 5.48 Å². The highest BCUT2D eigenvalue weighted by molar-refractivity contribution is 9.09. The molecule has 0 aliphatic heterocycles. The Hall–Kier alpha value is -0.220. The van der Waals surface area contributed by atoms with Crippen LogP contribution < -0.4 is 5.48 Å². The summed E-state index contributed by atoms with van der Waals surface area (Å²) in [6.07, 6.45) is 0. The molecule has 0 amide bonds. The molecule has 0 spiro atoms. The van der Waals surface area contributed by atoms with Gasteiger partial charge in [-0.05, 0) is 13.5 Å². The van der Waals surface area contributed by atoms with Crippen molar-refractivity contribution in [2.45, 2.75) is 6.92 Å². The van der Waals surface area contributed by atoms with Gasteiger partial charge in [0.25, 0.3) is 0 Å². The first-order valence-electron chi connectivity index (χ1n) is 3.06. The third-order valence-electron chi connectivity index (χ3n) is 0.684. The summed E-state index contributed by atoms with van der Waals surface area (Å²) in [5, 5.41) is 0.791. The molecule has 0 aliphatic rings. The van der Waals surface area contributed by atoms with Crippen molar-refractivity contribution in [3.05, 3.63) is 12.5 Å². The van der Waals surface area contributed by atoms with Gasteiger partial charge in [-0.3, -0.25) is 4.84 Å². The lowest BCUT2D eigenvalue weighted by atomic mass is 10.8. The van der Waals surface area contributed by atoms with Crippen molar-refractivity contribution in [3.8, 4) is 0 Å². The summed E-state index contributed by atoms with van der Waals surface area (Å²) < 4.78 is 4.94. The zero-order chi connectivity index (χ0) is 7.82. The van der Waals surface area contributed by atoms with E-state index in [0.29, 0.717) is 19.1 Å². The molecule has 1 N–H and O–H groups in total. The Bertz CT molecular complexity index is 97.7. The van der Waals surface area contributed by atoms with Crippen molar-refractivity contribution in [2.24, 2.45) is 0 Å². The van der Waals surface area contributed by atoms with E-state index in [2.05, 4.69) is 28.0 Å². The molecule has 0 rings (SSSR count). The second kappa shape index (κ2) is 6.89. The first-order valence-corrected chi connectivity index (χ1v) is 4.18. The summed E-state index contributed by atoms with van der Waals surface area (Å²) in [5.74, 6) is 0.448. The number of hydroxylamine groups is 1. The van der Waals surface area contributed by atoms with E-state index in [1.54, 1.807) is 0 Å². The van der Waals surface area contributed by atoms with Crippen LogP contribution in [-0.4, -0.2) is 18.5 Å². The third-order valence-corrected chi connectivity index (χ3v) is 1.01. The summed E-state index contributed by atoms with van der Waals surface area (Å²) in [6, 6.07) is 0. The van der Waals surface area contributed by atoms with Crippen LogP contribution in [0.3, 0.4) is 0 Å². The molecule has 0 heterocycles. The Labute approximate surface area is 69.5 Å². The second-order valence-electron chi connectivity index (χ2n) is 1.50. The minimum atomic E-state index is 0.448. The summed E-state index contributed by atoms with van der Waals surface area (Å²) >= 11 is 3.20. The largest absolute Gasteiger partial charge is 0.478 e. The Morgan fingerprint density at radius 3 is 2.90 bits per heavy atom. The molecule has 0 aromatic heterocycles. The Balaban J connectivity index is 3.05. The van der Waals surface area contributed by atoms with E-state index in [1.165, 1.54) is 0 Å². The van der Waals surface area contributed by atoms with Gasteiger partial charge in [0.2, 0.25) is 5.88 Å². The van der Waals surface area contributed by atoms with Crippen molar-refractivity contribution in [3.63, 3.8) is 0 Å². The Morgan fingerprint density at radius 2 is 2.40 bits per heavy atom. The van der Waals surface area contributed by atoms with E-state index in [1.807, 2.05) is 6.92 Å². The molecule has 10 heavy (non-hydrogen) atoms. The van der Waals surface area contributed by atoms with E-state index in [9.17, 15) is 0 Å². The number of alkyl halides is 1. The molecule has 0 aromatic carbocycles. The average molecular weight is 210 g/mol. The summed E-state index contributed by atoms with van der Waals surface area (Å²) in [5.41, 5.74) is 2.54. The lowest BCUT2D eigenvalue weighted by Crippen LogP contribution is -2.16. The van der Waals surface area contributed by atoms with E-state index in [-0.39, 0.29) is 0 Å². The molecule has 0 atom stereocenters. The van der Waals surface area contributed by atoms with E-state index >= 15 is 0 Å². The lowest BCUT2D eigenvalue weighted by molar-refractivity contribution is 0.0258. The monoisotopic (exact) mass is 209 g/mol. The molecule has 0 aliphatic carbocycles. The van der Waals surface area contributed by atoms with E-state index in [4.69, 9.17) is 9.57 Å². The number of hydrogen-bond donors (Lipinski definition) is 1. The van der Waals surface area contributed by atoms with Crippen molar-refractivity contribution in [1.82, 2.24) is 5.48 Å². The number of halogens is 1. The SMILES string of the molecule is C=C(NOCCBr)OCC. The number of rotatable bonds is 6. The van der Waals surface area contributed by atoms with Gasteiger partial charge in [0.05, 0.1) is 13.2 Å². The lowest BCUT2D eigenvalue weighted by Gasteiger charge is -2.07. The van der Waals surface area contributed by atoms with Crippen molar-refractivity contribution >= 4 is 15.9 Å². The molecule has 0 fully saturated rings. The molecule has 0 aromatic rings. The van der Waals surface area contributed by atoms with Crippen molar-refractivity contribution in [1.29, 1.82) is 0 Å². The maximum absolute atomic E-state index is 4.94. The smallest absolute Gasteiger partial charge is 0.203 e. The molecule has 4 heteroatoms. The molecular weight excluding hydrogens is 198 g/mol. The van der Waals surface area contributed by atoms with Crippen LogP contribution in [0.5, 0.6) is 0 Å². The van der Waals surface area contributed by atoms with E-state index < -0.39 is 0 Å². The summed E-state index contributed by atoms with van der Waals surface area (Å²) in [7, 11) is 0. The minimum absolute atomic E-state index is 0.448. The normalized spacial score (nSPS) is 9.00. The Morgan fingerprint density at radius 1 is 1.70 bits per heavy atom. The van der Waals surface area contributed by atoms with Gasteiger partial charge in [-0.1, -0.05) is 15.9 Å². The molecule has 0 saturated carbocycles. The van der Waals surface area contributed by atoms with Crippen LogP contribution in [0.15, 0.2) is 12.5 Å². The van der Waals surface area contributed by atoms with Crippen molar-refractivity contribution < 1.29 is 9.57 Å². The maximum Gasteiger partial charge on any atom is 0.203 e. The molecule has 3 nitrogen and oxygen atoms in total. The number of nitrogens with one attached hydrogen (secondary N) is 1. The molecular formula is C6H12BrNO2. The molecule has 0 radical (unpaired) electrons. The zero-order valence-electron chi connectivity index (χ0n) is 6.02. The highest BCUT2D eigenvalue weighted by Crippen LogP contribution is 1.87. The van der Waals surface area contributed by atoms with Crippen LogP contribution in [0.2, 0.25) is 0 Å². The van der Waals surface area contributed by atoms with Gasteiger partial charge in [0.1, 0.15) is 0 Å². The van der Waals surface area contributed by atoms with Gasteiger partial charge in [-0.15, -0.1) is 0 Å². The average Bonchev–Trinajstić information content (AvgIpc) is 1.89. The van der Waals surface area contributed by atoms with Crippen LogP contribution in [0.1, 0.15) is 6.92 Å². The van der Waals surface area contributed by atoms with Gasteiger partial charge in [-0.2, -0.15) is 0 Å². The highest BCUT2D eigenvalue weighted by Gasteiger charge is 1.89. The fraction of sp³-hybridized carbons (Fsp3) is 0.667. The highest BCUT2D eigenvalue weighted by atomic mass is 79.9. The first-order chi connectivity index (χ1) is 4.81. The predicted octanol–water partition coefficient (Wildman–Crippen LogP) is 1.41. The zero-order valence-corrected chi connectivity index (χ0v) is 7.61. The topological polar surface area (TPSA) is 30.5 Å². The predicted molar refractivity (Wildman–Crippen MR) is 43.6 cm³/mol. The van der Waals surface area contributed by atoms with Gasteiger partial charge >= 0.3 is 0 Å². The fourth-order valence-corrected chi connectivity index (χ4v) is 0.536.